The van der Waals surface area contributed by atoms with Gasteiger partial charge in [-0.2, -0.15) is 0 Å². The van der Waals surface area contributed by atoms with Crippen molar-refractivity contribution in [2.75, 3.05) is 27.8 Å². The average Bonchev–Trinajstić information content (AvgIpc) is 2.40. The summed E-state index contributed by atoms with van der Waals surface area (Å²) in [6.45, 7) is 5.16. The zero-order chi connectivity index (χ0) is 14.3. The number of nitrogens with zero attached hydrogens (tertiary/aromatic N) is 1. The molecule has 0 saturated carbocycles. The summed E-state index contributed by atoms with van der Waals surface area (Å²) < 4.78 is 11.2. The van der Waals surface area contributed by atoms with Crippen LogP contribution in [0.1, 0.15) is 32.3 Å². The van der Waals surface area contributed by atoms with Crippen LogP contribution in [0, 0.1) is 0 Å². The van der Waals surface area contributed by atoms with Gasteiger partial charge in [-0.25, -0.2) is 0 Å². The second-order valence-corrected chi connectivity index (χ2v) is 5.19. The minimum absolute atomic E-state index is 0.488. The lowest BCUT2D eigenvalue weighted by Crippen LogP contribution is -2.26. The summed E-state index contributed by atoms with van der Waals surface area (Å²) in [4.78, 5) is 2.22. The first kappa shape index (κ1) is 15.8. The Kier molecular flexibility index (Phi) is 6.71. The minimum atomic E-state index is 0.488. The van der Waals surface area contributed by atoms with Gasteiger partial charge >= 0.3 is 0 Å². The molecule has 0 bridgehead atoms. The summed E-state index contributed by atoms with van der Waals surface area (Å²) in [7, 11) is 5.89. The van der Waals surface area contributed by atoms with Crippen LogP contribution in [0.25, 0.3) is 0 Å². The van der Waals surface area contributed by atoms with Crippen LogP contribution in [0.3, 0.4) is 0 Å². The molecule has 1 aromatic carbocycles. The van der Waals surface area contributed by atoms with Crippen molar-refractivity contribution in [1.82, 2.24) is 4.90 Å². The van der Waals surface area contributed by atoms with E-state index in [1.165, 1.54) is 5.56 Å². The maximum atomic E-state index is 5.90. The van der Waals surface area contributed by atoms with Crippen molar-refractivity contribution in [2.45, 2.75) is 39.2 Å². The van der Waals surface area contributed by atoms with Crippen LogP contribution in [-0.2, 0) is 6.42 Å². The summed E-state index contributed by atoms with van der Waals surface area (Å²) in [6, 6.07) is 6.60. The smallest absolute Gasteiger partial charge is 0.126 e. The number of rotatable bonds is 8. The lowest BCUT2D eigenvalue weighted by molar-refractivity contribution is 0.289. The molecule has 0 aliphatic heterocycles. The molecule has 0 fully saturated rings. The van der Waals surface area contributed by atoms with Gasteiger partial charge in [-0.05, 0) is 45.5 Å². The molecule has 0 radical (unpaired) electrons. The molecule has 0 amide bonds. The summed E-state index contributed by atoms with van der Waals surface area (Å²) in [5.41, 5.74) is 1.25. The first-order valence-electron chi connectivity index (χ1n) is 7.04. The Labute approximate surface area is 117 Å². The molecule has 0 spiro atoms. The molecule has 0 aromatic heterocycles. The van der Waals surface area contributed by atoms with Gasteiger partial charge in [0.2, 0.25) is 0 Å². The molecule has 1 unspecified atom stereocenters. The summed E-state index contributed by atoms with van der Waals surface area (Å²) in [6.07, 6.45) is 3.21. The van der Waals surface area contributed by atoms with E-state index in [-0.39, 0.29) is 0 Å². The van der Waals surface area contributed by atoms with E-state index < -0.39 is 0 Å². The topological polar surface area (TPSA) is 21.7 Å². The molecule has 19 heavy (non-hydrogen) atoms. The highest BCUT2D eigenvalue weighted by atomic mass is 16.5. The Morgan fingerprint density at radius 3 is 2.58 bits per heavy atom. The number of benzene rings is 1. The van der Waals surface area contributed by atoms with Crippen molar-refractivity contribution in [3.05, 3.63) is 23.8 Å². The first-order chi connectivity index (χ1) is 9.08. The fourth-order valence-corrected chi connectivity index (χ4v) is 1.79. The molecule has 3 heteroatoms. The normalized spacial score (nSPS) is 12.5. The number of ether oxygens (including phenoxy) is 2. The van der Waals surface area contributed by atoms with Crippen LogP contribution in [-0.4, -0.2) is 38.8 Å². The van der Waals surface area contributed by atoms with E-state index in [2.05, 4.69) is 38.9 Å². The molecule has 0 N–H and O–H groups in total. The highest BCUT2D eigenvalue weighted by molar-refractivity contribution is 5.41. The molecular weight excluding hydrogens is 238 g/mol. The largest absolute Gasteiger partial charge is 0.497 e. The predicted octanol–water partition coefficient (Wildman–Crippen LogP) is 3.37. The van der Waals surface area contributed by atoms with Crippen molar-refractivity contribution in [3.8, 4) is 11.5 Å². The van der Waals surface area contributed by atoms with Gasteiger partial charge in [0.05, 0.1) is 13.7 Å². The third-order valence-corrected chi connectivity index (χ3v) is 3.43. The van der Waals surface area contributed by atoms with E-state index in [9.17, 15) is 0 Å². The number of methoxy groups -OCH3 is 1. The highest BCUT2D eigenvalue weighted by Gasteiger charge is 2.11. The maximum absolute atomic E-state index is 5.90. The fourth-order valence-electron chi connectivity index (χ4n) is 1.79. The van der Waals surface area contributed by atoms with Gasteiger partial charge in [0.15, 0.2) is 0 Å². The van der Waals surface area contributed by atoms with Crippen LogP contribution in [0.2, 0.25) is 0 Å². The zero-order valence-electron chi connectivity index (χ0n) is 12.9. The molecule has 0 saturated heterocycles. The lowest BCUT2D eigenvalue weighted by atomic mass is 10.1. The molecule has 0 aliphatic rings. The maximum Gasteiger partial charge on any atom is 0.126 e. The Morgan fingerprint density at radius 1 is 1.26 bits per heavy atom. The number of hydrogen-bond donors (Lipinski definition) is 0. The molecule has 0 aliphatic carbocycles. The zero-order valence-corrected chi connectivity index (χ0v) is 12.9. The van der Waals surface area contributed by atoms with E-state index in [0.29, 0.717) is 6.04 Å². The molecule has 1 atom stereocenters. The fraction of sp³-hybridized carbons (Fsp3) is 0.625. The molecule has 1 rings (SSSR count). The number of unbranched alkanes of at least 4 members (excludes halogenated alkanes) is 1. The van der Waals surface area contributed by atoms with Gasteiger partial charge in [-0.3, -0.25) is 0 Å². The van der Waals surface area contributed by atoms with Crippen molar-refractivity contribution in [2.24, 2.45) is 0 Å². The second kappa shape index (κ2) is 8.05. The van der Waals surface area contributed by atoms with E-state index in [0.717, 1.165) is 37.4 Å². The quantitative estimate of drug-likeness (QED) is 0.673. The minimum Gasteiger partial charge on any atom is -0.497 e. The van der Waals surface area contributed by atoms with E-state index in [4.69, 9.17) is 9.47 Å². The van der Waals surface area contributed by atoms with E-state index >= 15 is 0 Å². The molecule has 1 aromatic rings. The van der Waals surface area contributed by atoms with Crippen LogP contribution >= 0.6 is 0 Å². The van der Waals surface area contributed by atoms with Gasteiger partial charge < -0.3 is 14.4 Å². The van der Waals surface area contributed by atoms with Gasteiger partial charge in [0, 0.05) is 12.1 Å². The highest BCUT2D eigenvalue weighted by Crippen LogP contribution is 2.26. The molecular formula is C16H27NO2. The standard InChI is InChI=1S/C16H27NO2/c1-6-7-10-19-16-12-15(18-5)9-8-14(16)11-13(2)17(3)4/h8-9,12-13H,6-7,10-11H2,1-5H3. The monoisotopic (exact) mass is 265 g/mol. The Bertz CT molecular complexity index is 377. The van der Waals surface area contributed by atoms with Gasteiger partial charge in [-0.15, -0.1) is 0 Å². The summed E-state index contributed by atoms with van der Waals surface area (Å²) in [5, 5.41) is 0. The van der Waals surface area contributed by atoms with Crippen molar-refractivity contribution >= 4 is 0 Å². The van der Waals surface area contributed by atoms with Crippen LogP contribution in [0.15, 0.2) is 18.2 Å². The van der Waals surface area contributed by atoms with Crippen molar-refractivity contribution < 1.29 is 9.47 Å². The Morgan fingerprint density at radius 2 is 2.00 bits per heavy atom. The van der Waals surface area contributed by atoms with Gasteiger partial charge in [-0.1, -0.05) is 19.4 Å². The molecule has 108 valence electrons. The van der Waals surface area contributed by atoms with E-state index in [1.807, 2.05) is 12.1 Å². The van der Waals surface area contributed by atoms with Crippen LogP contribution < -0.4 is 9.47 Å². The van der Waals surface area contributed by atoms with Crippen LogP contribution in [0.5, 0.6) is 11.5 Å². The molecule has 0 heterocycles. The van der Waals surface area contributed by atoms with Crippen LogP contribution in [0.4, 0.5) is 0 Å². The van der Waals surface area contributed by atoms with Crippen molar-refractivity contribution in [1.29, 1.82) is 0 Å². The van der Waals surface area contributed by atoms with Gasteiger partial charge in [0.1, 0.15) is 11.5 Å². The Hall–Kier alpha value is -1.22. The second-order valence-electron chi connectivity index (χ2n) is 5.19. The third-order valence-electron chi connectivity index (χ3n) is 3.43. The van der Waals surface area contributed by atoms with Gasteiger partial charge in [0.25, 0.3) is 0 Å². The SMILES string of the molecule is CCCCOc1cc(OC)ccc1CC(C)N(C)C. The van der Waals surface area contributed by atoms with Crippen molar-refractivity contribution in [3.63, 3.8) is 0 Å². The third kappa shape index (κ3) is 5.11. The summed E-state index contributed by atoms with van der Waals surface area (Å²) >= 11 is 0. The van der Waals surface area contributed by atoms with E-state index in [1.54, 1.807) is 7.11 Å². The number of likely N-dealkylation sites (N-methyl/N-ethyl adjacent to an activating group) is 1. The summed E-state index contributed by atoms with van der Waals surface area (Å²) in [5.74, 6) is 1.81. The average molecular weight is 265 g/mol. The number of hydrogen-bond acceptors (Lipinski definition) is 3. The predicted molar refractivity (Wildman–Crippen MR) is 80.3 cm³/mol. The Balaban J connectivity index is 2.82. The first-order valence-corrected chi connectivity index (χ1v) is 7.04. The lowest BCUT2D eigenvalue weighted by Gasteiger charge is -2.21. The molecule has 3 nitrogen and oxygen atoms in total.